The molecule has 1 heteroatoms. The van der Waals surface area contributed by atoms with Crippen molar-refractivity contribution in [3.63, 3.8) is 0 Å². The van der Waals surface area contributed by atoms with Gasteiger partial charge in [-0.1, -0.05) is 29.8 Å². The maximum atomic E-state index is 5.94. The molecular weight excluding hydrogens is 158 g/mol. The molecule has 1 atom stereocenters. The molecule has 2 rings (SSSR count). The minimum absolute atomic E-state index is 0.555. The molecule has 0 fully saturated rings. The Morgan fingerprint density at radius 1 is 1.38 bits per heavy atom. The second-order valence-corrected chi connectivity index (χ2v) is 3.74. The van der Waals surface area contributed by atoms with Crippen molar-refractivity contribution in [1.82, 2.24) is 0 Å². The zero-order valence-corrected chi connectivity index (χ0v) is 7.96. The van der Waals surface area contributed by atoms with Gasteiger partial charge >= 0.3 is 0 Å². The molecule has 1 aliphatic rings. The van der Waals surface area contributed by atoms with Crippen LogP contribution in [0.2, 0.25) is 0 Å². The Hall–Kier alpha value is -1.24. The van der Waals surface area contributed by atoms with Crippen LogP contribution in [0.25, 0.3) is 0 Å². The van der Waals surface area contributed by atoms with Gasteiger partial charge in [-0.15, -0.1) is 0 Å². The standard InChI is InChI=1S/C12H15N/c1-9-6-7-12(13)11(8-9)10-4-2-3-5-10/h2,4,6-8,10H,3,5,13H2,1H3/t10-/m1/s1. The monoisotopic (exact) mass is 173 g/mol. The Balaban J connectivity index is 2.37. The van der Waals surface area contributed by atoms with Crippen molar-refractivity contribution in [3.8, 4) is 0 Å². The first-order chi connectivity index (χ1) is 6.27. The lowest BCUT2D eigenvalue weighted by molar-refractivity contribution is 0.802. The summed E-state index contributed by atoms with van der Waals surface area (Å²) >= 11 is 0. The second-order valence-electron chi connectivity index (χ2n) is 3.74. The van der Waals surface area contributed by atoms with Gasteiger partial charge in [0.15, 0.2) is 0 Å². The predicted octanol–water partition coefficient (Wildman–Crippen LogP) is 3.01. The quantitative estimate of drug-likeness (QED) is 0.512. The van der Waals surface area contributed by atoms with Crippen LogP contribution in [0, 0.1) is 6.92 Å². The Kier molecular flexibility index (Phi) is 2.09. The molecule has 1 aliphatic carbocycles. The smallest absolute Gasteiger partial charge is 0.0352 e. The van der Waals surface area contributed by atoms with E-state index in [-0.39, 0.29) is 0 Å². The average Bonchev–Trinajstić information content (AvgIpc) is 2.61. The van der Waals surface area contributed by atoms with E-state index in [1.165, 1.54) is 24.0 Å². The van der Waals surface area contributed by atoms with Crippen LogP contribution in [0.1, 0.15) is 29.9 Å². The van der Waals surface area contributed by atoms with Gasteiger partial charge in [0, 0.05) is 11.6 Å². The van der Waals surface area contributed by atoms with E-state index in [4.69, 9.17) is 5.73 Å². The zero-order valence-electron chi connectivity index (χ0n) is 7.96. The van der Waals surface area contributed by atoms with E-state index in [0.717, 1.165) is 5.69 Å². The third-order valence-electron chi connectivity index (χ3n) is 2.65. The lowest BCUT2D eigenvalue weighted by atomic mass is 9.95. The number of hydrogen-bond donors (Lipinski definition) is 1. The number of anilines is 1. The number of hydrogen-bond acceptors (Lipinski definition) is 1. The van der Waals surface area contributed by atoms with Crippen molar-refractivity contribution >= 4 is 5.69 Å². The van der Waals surface area contributed by atoms with Gasteiger partial charge in [-0.25, -0.2) is 0 Å². The van der Waals surface area contributed by atoms with E-state index in [1.54, 1.807) is 0 Å². The van der Waals surface area contributed by atoms with Gasteiger partial charge < -0.3 is 5.73 Å². The molecule has 0 unspecified atom stereocenters. The summed E-state index contributed by atoms with van der Waals surface area (Å²) in [6.45, 7) is 2.11. The molecule has 0 aromatic heterocycles. The maximum absolute atomic E-state index is 5.94. The van der Waals surface area contributed by atoms with Crippen LogP contribution >= 0.6 is 0 Å². The normalized spacial score (nSPS) is 20.8. The lowest BCUT2D eigenvalue weighted by Crippen LogP contribution is -1.98. The minimum Gasteiger partial charge on any atom is -0.398 e. The largest absolute Gasteiger partial charge is 0.398 e. The summed E-state index contributed by atoms with van der Waals surface area (Å²) in [6, 6.07) is 6.28. The van der Waals surface area contributed by atoms with Crippen molar-refractivity contribution in [2.75, 3.05) is 5.73 Å². The summed E-state index contributed by atoms with van der Waals surface area (Å²) in [4.78, 5) is 0. The highest BCUT2D eigenvalue weighted by molar-refractivity contribution is 5.52. The molecule has 0 radical (unpaired) electrons. The molecule has 1 nitrogen and oxygen atoms in total. The Bertz CT molecular complexity index is 339. The van der Waals surface area contributed by atoms with Crippen LogP contribution in [0.15, 0.2) is 30.4 Å². The highest BCUT2D eigenvalue weighted by Crippen LogP contribution is 2.32. The van der Waals surface area contributed by atoms with E-state index < -0.39 is 0 Å². The number of allylic oxidation sites excluding steroid dienone is 2. The molecule has 0 spiro atoms. The number of nitrogen functional groups attached to an aromatic ring is 1. The van der Waals surface area contributed by atoms with E-state index in [1.807, 2.05) is 6.07 Å². The van der Waals surface area contributed by atoms with Crippen LogP contribution in [0.3, 0.4) is 0 Å². The third kappa shape index (κ3) is 1.59. The Labute approximate surface area is 79.3 Å². The molecule has 13 heavy (non-hydrogen) atoms. The molecule has 1 aromatic carbocycles. The number of benzene rings is 1. The van der Waals surface area contributed by atoms with Crippen molar-refractivity contribution in [2.45, 2.75) is 25.7 Å². The maximum Gasteiger partial charge on any atom is 0.0352 e. The second kappa shape index (κ2) is 3.25. The lowest BCUT2D eigenvalue weighted by Gasteiger charge is -2.11. The Morgan fingerprint density at radius 2 is 2.23 bits per heavy atom. The molecule has 2 N–H and O–H groups in total. The van der Waals surface area contributed by atoms with Crippen molar-refractivity contribution < 1.29 is 0 Å². The summed E-state index contributed by atoms with van der Waals surface area (Å²) in [7, 11) is 0. The molecule has 0 saturated heterocycles. The molecular formula is C12H15N. The van der Waals surface area contributed by atoms with Crippen LogP contribution in [-0.4, -0.2) is 0 Å². The summed E-state index contributed by atoms with van der Waals surface area (Å²) < 4.78 is 0. The number of aryl methyl sites for hydroxylation is 1. The van der Waals surface area contributed by atoms with Crippen molar-refractivity contribution in [3.05, 3.63) is 41.5 Å². The van der Waals surface area contributed by atoms with E-state index in [2.05, 4.69) is 31.2 Å². The topological polar surface area (TPSA) is 26.0 Å². The van der Waals surface area contributed by atoms with E-state index in [9.17, 15) is 0 Å². The van der Waals surface area contributed by atoms with Gasteiger partial charge in [0.25, 0.3) is 0 Å². The van der Waals surface area contributed by atoms with Gasteiger partial charge in [0.2, 0.25) is 0 Å². The molecule has 0 bridgehead atoms. The van der Waals surface area contributed by atoms with Crippen LogP contribution in [0.4, 0.5) is 5.69 Å². The average molecular weight is 173 g/mol. The fraction of sp³-hybridized carbons (Fsp3) is 0.333. The third-order valence-corrected chi connectivity index (χ3v) is 2.65. The van der Waals surface area contributed by atoms with Gasteiger partial charge in [0.1, 0.15) is 0 Å². The fourth-order valence-electron chi connectivity index (χ4n) is 1.91. The fourth-order valence-corrected chi connectivity index (χ4v) is 1.91. The van der Waals surface area contributed by atoms with Crippen LogP contribution in [0.5, 0.6) is 0 Å². The van der Waals surface area contributed by atoms with Crippen LogP contribution in [-0.2, 0) is 0 Å². The molecule has 68 valence electrons. The molecule has 0 aliphatic heterocycles. The highest BCUT2D eigenvalue weighted by atomic mass is 14.6. The number of nitrogens with two attached hydrogens (primary N) is 1. The van der Waals surface area contributed by atoms with Crippen molar-refractivity contribution in [2.24, 2.45) is 0 Å². The van der Waals surface area contributed by atoms with E-state index >= 15 is 0 Å². The van der Waals surface area contributed by atoms with Gasteiger partial charge in [0.05, 0.1) is 0 Å². The van der Waals surface area contributed by atoms with Crippen LogP contribution < -0.4 is 5.73 Å². The van der Waals surface area contributed by atoms with Gasteiger partial charge in [-0.05, 0) is 31.4 Å². The summed E-state index contributed by atoms with van der Waals surface area (Å²) in [5.74, 6) is 0.555. The van der Waals surface area contributed by atoms with Gasteiger partial charge in [-0.3, -0.25) is 0 Å². The molecule has 0 amide bonds. The first kappa shape index (κ1) is 8.36. The predicted molar refractivity (Wildman–Crippen MR) is 56.7 cm³/mol. The SMILES string of the molecule is Cc1ccc(N)c([C@@H]2C=CCC2)c1. The molecule has 1 aromatic rings. The summed E-state index contributed by atoms with van der Waals surface area (Å²) in [5, 5.41) is 0. The van der Waals surface area contributed by atoms with Gasteiger partial charge in [-0.2, -0.15) is 0 Å². The van der Waals surface area contributed by atoms with E-state index in [0.29, 0.717) is 5.92 Å². The Morgan fingerprint density at radius 3 is 2.92 bits per heavy atom. The summed E-state index contributed by atoms with van der Waals surface area (Å²) in [6.07, 6.45) is 6.92. The minimum atomic E-state index is 0.555. The first-order valence-electron chi connectivity index (χ1n) is 4.80. The number of rotatable bonds is 1. The van der Waals surface area contributed by atoms with Crippen molar-refractivity contribution in [1.29, 1.82) is 0 Å². The molecule has 0 saturated carbocycles. The zero-order chi connectivity index (χ0) is 9.26. The molecule has 0 heterocycles. The summed E-state index contributed by atoms with van der Waals surface area (Å²) in [5.41, 5.74) is 9.46. The first-order valence-corrected chi connectivity index (χ1v) is 4.80. The highest BCUT2D eigenvalue weighted by Gasteiger charge is 2.13.